The van der Waals surface area contributed by atoms with E-state index in [1.165, 1.54) is 50.9 Å². The summed E-state index contributed by atoms with van der Waals surface area (Å²) < 4.78 is 11.2. The summed E-state index contributed by atoms with van der Waals surface area (Å²) in [6.07, 6.45) is 5.14. The van der Waals surface area contributed by atoms with E-state index in [2.05, 4.69) is 29.3 Å². The third-order valence-electron chi connectivity index (χ3n) is 4.62. The van der Waals surface area contributed by atoms with Crippen LogP contribution in [0.1, 0.15) is 38.2 Å². The van der Waals surface area contributed by atoms with E-state index in [-0.39, 0.29) is 0 Å². The third-order valence-corrected chi connectivity index (χ3v) is 4.62. The van der Waals surface area contributed by atoms with Gasteiger partial charge in [0.1, 0.15) is 13.2 Å². The minimum absolute atomic E-state index is 0.645. The van der Waals surface area contributed by atoms with Crippen molar-refractivity contribution in [3.8, 4) is 11.5 Å². The molecule has 122 valence electrons. The van der Waals surface area contributed by atoms with Crippen molar-refractivity contribution >= 4 is 0 Å². The van der Waals surface area contributed by atoms with Crippen LogP contribution in [-0.2, 0) is 6.54 Å². The number of likely N-dealkylation sites (tertiary alicyclic amines) is 1. The second kappa shape index (κ2) is 7.84. The van der Waals surface area contributed by atoms with Gasteiger partial charge >= 0.3 is 0 Å². The van der Waals surface area contributed by atoms with Crippen LogP contribution in [0.3, 0.4) is 0 Å². The molecule has 1 saturated heterocycles. The molecule has 3 rings (SSSR count). The molecule has 1 aromatic carbocycles. The number of hydrogen-bond acceptors (Lipinski definition) is 4. The van der Waals surface area contributed by atoms with Gasteiger partial charge in [-0.25, -0.2) is 0 Å². The predicted octanol–water partition coefficient (Wildman–Crippen LogP) is 2.81. The Balaban J connectivity index is 1.43. The maximum absolute atomic E-state index is 5.65. The fourth-order valence-corrected chi connectivity index (χ4v) is 3.20. The van der Waals surface area contributed by atoms with Gasteiger partial charge < -0.3 is 19.7 Å². The van der Waals surface area contributed by atoms with E-state index in [0.29, 0.717) is 19.3 Å². The first-order chi connectivity index (χ1) is 10.8. The monoisotopic (exact) mass is 304 g/mol. The molecule has 0 aromatic heterocycles. The summed E-state index contributed by atoms with van der Waals surface area (Å²) >= 11 is 0. The van der Waals surface area contributed by atoms with Crippen LogP contribution in [0.4, 0.5) is 0 Å². The zero-order valence-electron chi connectivity index (χ0n) is 13.6. The molecule has 2 aliphatic heterocycles. The Labute approximate surface area is 133 Å². The standard InChI is InChI=1S/C18H28N2O2/c1-2-3-8-20-9-6-16(7-10-20)19-14-15-4-5-17-18(13-15)22-12-11-21-17/h4-5,13,16,19H,2-3,6-12,14H2,1H3. The van der Waals surface area contributed by atoms with E-state index in [1.54, 1.807) is 0 Å². The highest BCUT2D eigenvalue weighted by molar-refractivity contribution is 5.43. The van der Waals surface area contributed by atoms with Gasteiger partial charge in [0.25, 0.3) is 0 Å². The maximum Gasteiger partial charge on any atom is 0.161 e. The van der Waals surface area contributed by atoms with Gasteiger partial charge in [0.05, 0.1) is 0 Å². The molecule has 22 heavy (non-hydrogen) atoms. The second-order valence-corrected chi connectivity index (χ2v) is 6.33. The van der Waals surface area contributed by atoms with Crippen molar-refractivity contribution in [1.29, 1.82) is 0 Å². The number of piperidine rings is 1. The highest BCUT2D eigenvalue weighted by atomic mass is 16.6. The van der Waals surface area contributed by atoms with Crippen molar-refractivity contribution in [3.05, 3.63) is 23.8 Å². The molecular weight excluding hydrogens is 276 g/mol. The van der Waals surface area contributed by atoms with Crippen LogP contribution in [0.2, 0.25) is 0 Å². The molecule has 0 aliphatic carbocycles. The Hall–Kier alpha value is -1.26. The number of nitrogens with zero attached hydrogens (tertiary/aromatic N) is 1. The number of rotatable bonds is 6. The van der Waals surface area contributed by atoms with Crippen LogP contribution in [0.25, 0.3) is 0 Å². The van der Waals surface area contributed by atoms with Gasteiger partial charge in [-0.3, -0.25) is 0 Å². The Bertz CT molecular complexity index is 470. The number of fused-ring (bicyclic) bond motifs is 1. The molecule has 4 heteroatoms. The Morgan fingerprint density at radius 2 is 1.91 bits per heavy atom. The summed E-state index contributed by atoms with van der Waals surface area (Å²) in [4.78, 5) is 2.60. The highest BCUT2D eigenvalue weighted by Gasteiger charge is 2.18. The van der Waals surface area contributed by atoms with Crippen LogP contribution in [0, 0.1) is 0 Å². The SMILES string of the molecule is CCCCN1CCC(NCc2ccc3c(c2)OCCO3)CC1. The van der Waals surface area contributed by atoms with Crippen molar-refractivity contribution in [1.82, 2.24) is 10.2 Å². The van der Waals surface area contributed by atoms with Gasteiger partial charge in [-0.05, 0) is 56.6 Å². The lowest BCUT2D eigenvalue weighted by Gasteiger charge is -2.32. The zero-order chi connectivity index (χ0) is 15.2. The first-order valence-corrected chi connectivity index (χ1v) is 8.69. The van der Waals surface area contributed by atoms with E-state index in [9.17, 15) is 0 Å². The summed E-state index contributed by atoms with van der Waals surface area (Å²) in [6.45, 7) is 8.22. The number of unbranched alkanes of at least 4 members (excludes halogenated alkanes) is 1. The molecule has 0 saturated carbocycles. The Morgan fingerprint density at radius 3 is 2.68 bits per heavy atom. The lowest BCUT2D eigenvalue weighted by Crippen LogP contribution is -2.42. The number of ether oxygens (including phenoxy) is 2. The molecule has 4 nitrogen and oxygen atoms in total. The molecule has 1 aromatic rings. The maximum atomic E-state index is 5.65. The molecule has 0 radical (unpaired) electrons. The van der Waals surface area contributed by atoms with Crippen molar-refractivity contribution in [2.45, 2.75) is 45.2 Å². The molecule has 2 heterocycles. The van der Waals surface area contributed by atoms with Crippen LogP contribution in [0.15, 0.2) is 18.2 Å². The molecule has 0 spiro atoms. The first-order valence-electron chi connectivity index (χ1n) is 8.69. The fraction of sp³-hybridized carbons (Fsp3) is 0.667. The zero-order valence-corrected chi connectivity index (χ0v) is 13.6. The quantitative estimate of drug-likeness (QED) is 0.876. The van der Waals surface area contributed by atoms with Crippen molar-refractivity contribution in [2.24, 2.45) is 0 Å². The fourth-order valence-electron chi connectivity index (χ4n) is 3.20. The molecule has 0 unspecified atom stereocenters. The smallest absolute Gasteiger partial charge is 0.161 e. The van der Waals surface area contributed by atoms with Crippen LogP contribution in [0.5, 0.6) is 11.5 Å². The van der Waals surface area contributed by atoms with E-state index < -0.39 is 0 Å². The predicted molar refractivity (Wildman–Crippen MR) is 88.6 cm³/mol. The molecule has 0 bridgehead atoms. The first kappa shape index (κ1) is 15.6. The summed E-state index contributed by atoms with van der Waals surface area (Å²) in [5, 5.41) is 3.70. The average Bonchev–Trinajstić information content (AvgIpc) is 2.59. The summed E-state index contributed by atoms with van der Waals surface area (Å²) in [6, 6.07) is 6.92. The largest absolute Gasteiger partial charge is 0.486 e. The molecule has 0 amide bonds. The van der Waals surface area contributed by atoms with Gasteiger partial charge in [-0.1, -0.05) is 19.4 Å². The number of benzene rings is 1. The van der Waals surface area contributed by atoms with E-state index in [1.807, 2.05) is 6.07 Å². The summed E-state index contributed by atoms with van der Waals surface area (Å²) in [7, 11) is 0. The molecular formula is C18H28N2O2. The molecule has 1 fully saturated rings. The van der Waals surface area contributed by atoms with Gasteiger partial charge in [0.15, 0.2) is 11.5 Å². The van der Waals surface area contributed by atoms with Crippen molar-refractivity contribution in [3.63, 3.8) is 0 Å². The third kappa shape index (κ3) is 4.14. The van der Waals surface area contributed by atoms with Crippen molar-refractivity contribution < 1.29 is 9.47 Å². The van der Waals surface area contributed by atoms with Crippen LogP contribution in [-0.4, -0.2) is 43.8 Å². The topological polar surface area (TPSA) is 33.7 Å². The average molecular weight is 304 g/mol. The van der Waals surface area contributed by atoms with Crippen LogP contribution < -0.4 is 14.8 Å². The second-order valence-electron chi connectivity index (χ2n) is 6.33. The van der Waals surface area contributed by atoms with E-state index >= 15 is 0 Å². The Kier molecular flexibility index (Phi) is 5.57. The molecule has 2 aliphatic rings. The number of nitrogens with one attached hydrogen (secondary N) is 1. The minimum Gasteiger partial charge on any atom is -0.486 e. The highest BCUT2D eigenvalue weighted by Crippen LogP contribution is 2.30. The molecule has 0 atom stereocenters. The van der Waals surface area contributed by atoms with Crippen molar-refractivity contribution in [2.75, 3.05) is 32.8 Å². The normalized spacial score (nSPS) is 19.3. The summed E-state index contributed by atoms with van der Waals surface area (Å²) in [5.74, 6) is 1.76. The lowest BCUT2D eigenvalue weighted by molar-refractivity contribution is 0.171. The Morgan fingerprint density at radius 1 is 1.14 bits per heavy atom. The lowest BCUT2D eigenvalue weighted by atomic mass is 10.0. The minimum atomic E-state index is 0.645. The molecule has 1 N–H and O–H groups in total. The van der Waals surface area contributed by atoms with Crippen LogP contribution >= 0.6 is 0 Å². The van der Waals surface area contributed by atoms with E-state index in [0.717, 1.165) is 18.0 Å². The summed E-state index contributed by atoms with van der Waals surface area (Å²) in [5.41, 5.74) is 1.28. The van der Waals surface area contributed by atoms with Gasteiger partial charge in [0.2, 0.25) is 0 Å². The van der Waals surface area contributed by atoms with E-state index in [4.69, 9.17) is 9.47 Å². The van der Waals surface area contributed by atoms with Gasteiger partial charge in [-0.2, -0.15) is 0 Å². The van der Waals surface area contributed by atoms with Gasteiger partial charge in [0, 0.05) is 12.6 Å². The van der Waals surface area contributed by atoms with Gasteiger partial charge in [-0.15, -0.1) is 0 Å². The number of hydrogen-bond donors (Lipinski definition) is 1.